The molecule has 1 aliphatic rings. The minimum Gasteiger partial charge on any atom is -0.490 e. The first-order valence-electron chi connectivity index (χ1n) is 11.6. The van der Waals surface area contributed by atoms with Gasteiger partial charge in [-0.25, -0.2) is 9.79 Å². The SMILES string of the molecule is CCOC(=O)C1=C(C)N=c2s/c(=C/c3ccc(OC(C)=O)c(OCC)c3)c(=O)n2[C@@H]1c1ccccc1Cl. The van der Waals surface area contributed by atoms with Crippen LogP contribution in [0.1, 0.15) is 44.9 Å². The molecule has 0 saturated carbocycles. The number of nitrogens with zero attached hydrogens (tertiary/aromatic N) is 2. The minimum atomic E-state index is -0.795. The molecule has 0 aliphatic carbocycles. The third kappa shape index (κ3) is 5.38. The summed E-state index contributed by atoms with van der Waals surface area (Å²) in [5, 5.41) is 0.418. The largest absolute Gasteiger partial charge is 0.490 e. The first-order valence-corrected chi connectivity index (χ1v) is 12.8. The van der Waals surface area contributed by atoms with E-state index >= 15 is 0 Å². The van der Waals surface area contributed by atoms with Crippen LogP contribution in [-0.4, -0.2) is 29.7 Å². The fourth-order valence-electron chi connectivity index (χ4n) is 4.06. The van der Waals surface area contributed by atoms with Crippen LogP contribution in [-0.2, 0) is 14.3 Å². The predicted octanol–water partition coefficient (Wildman–Crippen LogP) is 3.78. The molecule has 0 N–H and O–H groups in total. The van der Waals surface area contributed by atoms with Crippen LogP contribution < -0.4 is 24.4 Å². The molecular formula is C27H25ClN2O6S. The Morgan fingerprint density at radius 1 is 1.14 bits per heavy atom. The van der Waals surface area contributed by atoms with Gasteiger partial charge in [0.1, 0.15) is 6.04 Å². The van der Waals surface area contributed by atoms with E-state index in [1.807, 2.05) is 6.92 Å². The van der Waals surface area contributed by atoms with Gasteiger partial charge >= 0.3 is 11.9 Å². The number of benzene rings is 2. The van der Waals surface area contributed by atoms with Gasteiger partial charge in [0.2, 0.25) is 0 Å². The van der Waals surface area contributed by atoms with Gasteiger partial charge in [-0.05, 0) is 56.2 Å². The van der Waals surface area contributed by atoms with Crippen LogP contribution in [0.25, 0.3) is 6.08 Å². The van der Waals surface area contributed by atoms with Crippen LogP contribution in [0.4, 0.5) is 0 Å². The van der Waals surface area contributed by atoms with Crippen LogP contribution in [0.5, 0.6) is 11.5 Å². The summed E-state index contributed by atoms with van der Waals surface area (Å²) in [5.74, 6) is -0.338. The molecule has 2 aromatic carbocycles. The van der Waals surface area contributed by atoms with E-state index in [1.165, 1.54) is 22.8 Å². The Hall–Kier alpha value is -3.69. The van der Waals surface area contributed by atoms with Gasteiger partial charge in [0.15, 0.2) is 16.3 Å². The Balaban J connectivity index is 1.90. The highest BCUT2D eigenvalue weighted by Crippen LogP contribution is 2.34. The number of rotatable bonds is 7. The monoisotopic (exact) mass is 540 g/mol. The van der Waals surface area contributed by atoms with Crippen molar-refractivity contribution >= 4 is 41.0 Å². The standard InChI is InChI=1S/C27H25ClN2O6S/c1-5-34-21-13-17(11-12-20(21)36-16(4)31)14-22-25(32)30-24(18-9-7-8-10-19(18)28)23(26(33)35-6-2)15(3)29-27(30)37-22/h7-14,24H,5-6H2,1-4H3/b22-14+/t24-/m1/s1. The number of hydrogen-bond donors (Lipinski definition) is 0. The highest BCUT2D eigenvalue weighted by atomic mass is 35.5. The number of aromatic nitrogens is 1. The average molecular weight is 541 g/mol. The van der Waals surface area contributed by atoms with Crippen molar-refractivity contribution in [3.05, 3.63) is 89.6 Å². The molecule has 0 amide bonds. The molecule has 2 heterocycles. The summed E-state index contributed by atoms with van der Waals surface area (Å²) < 4.78 is 18.0. The molecule has 0 bridgehead atoms. The first-order chi connectivity index (χ1) is 17.7. The number of carbonyl (C=O) groups excluding carboxylic acids is 2. The fourth-order valence-corrected chi connectivity index (χ4v) is 5.34. The van der Waals surface area contributed by atoms with Crippen LogP contribution in [0.15, 0.2) is 63.5 Å². The maximum atomic E-state index is 13.7. The summed E-state index contributed by atoms with van der Waals surface area (Å²) in [7, 11) is 0. The van der Waals surface area contributed by atoms with Crippen molar-refractivity contribution in [3.63, 3.8) is 0 Å². The summed E-state index contributed by atoms with van der Waals surface area (Å²) in [4.78, 5) is 43.1. The van der Waals surface area contributed by atoms with Crippen molar-refractivity contribution in [2.24, 2.45) is 4.99 Å². The molecule has 0 unspecified atom stereocenters. The molecule has 1 atom stereocenters. The number of ether oxygens (including phenoxy) is 3. The Bertz CT molecular complexity index is 1590. The van der Waals surface area contributed by atoms with Crippen molar-refractivity contribution in [3.8, 4) is 11.5 Å². The second kappa shape index (κ2) is 11.1. The molecule has 192 valence electrons. The Morgan fingerprint density at radius 2 is 1.89 bits per heavy atom. The second-order valence-electron chi connectivity index (χ2n) is 8.06. The summed E-state index contributed by atoms with van der Waals surface area (Å²) in [5.41, 5.74) is 1.66. The van der Waals surface area contributed by atoms with Crippen LogP contribution in [0, 0.1) is 0 Å². The van der Waals surface area contributed by atoms with Gasteiger partial charge in [0.25, 0.3) is 5.56 Å². The zero-order valence-corrected chi connectivity index (χ0v) is 22.3. The van der Waals surface area contributed by atoms with E-state index in [9.17, 15) is 14.4 Å². The predicted molar refractivity (Wildman–Crippen MR) is 141 cm³/mol. The Labute approximate surface area is 222 Å². The Morgan fingerprint density at radius 3 is 2.57 bits per heavy atom. The van der Waals surface area contributed by atoms with Gasteiger partial charge in [-0.3, -0.25) is 14.2 Å². The summed E-state index contributed by atoms with van der Waals surface area (Å²) in [6, 6.07) is 11.3. The highest BCUT2D eigenvalue weighted by Gasteiger charge is 2.34. The zero-order chi connectivity index (χ0) is 26.7. The van der Waals surface area contributed by atoms with Crippen LogP contribution in [0.3, 0.4) is 0 Å². The smallest absolute Gasteiger partial charge is 0.338 e. The first kappa shape index (κ1) is 26.4. The van der Waals surface area contributed by atoms with E-state index in [2.05, 4.69) is 4.99 Å². The molecular weight excluding hydrogens is 516 g/mol. The van der Waals surface area contributed by atoms with Crippen molar-refractivity contribution in [2.45, 2.75) is 33.7 Å². The number of halogens is 1. The minimum absolute atomic E-state index is 0.181. The zero-order valence-electron chi connectivity index (χ0n) is 20.7. The summed E-state index contributed by atoms with van der Waals surface area (Å²) in [6.45, 7) is 7.12. The lowest BCUT2D eigenvalue weighted by Crippen LogP contribution is -2.40. The second-order valence-corrected chi connectivity index (χ2v) is 9.47. The Kier molecular flexibility index (Phi) is 7.94. The third-order valence-electron chi connectivity index (χ3n) is 5.54. The third-order valence-corrected chi connectivity index (χ3v) is 6.86. The number of fused-ring (bicyclic) bond motifs is 1. The van der Waals surface area contributed by atoms with Crippen molar-refractivity contribution in [1.29, 1.82) is 0 Å². The molecule has 0 radical (unpaired) electrons. The maximum Gasteiger partial charge on any atom is 0.338 e. The average Bonchev–Trinajstić information content (AvgIpc) is 3.14. The number of hydrogen-bond acceptors (Lipinski definition) is 8. The van der Waals surface area contributed by atoms with E-state index in [0.717, 1.165) is 0 Å². The van der Waals surface area contributed by atoms with Gasteiger partial charge in [-0.2, -0.15) is 0 Å². The topological polar surface area (TPSA) is 96.2 Å². The molecule has 3 aromatic rings. The van der Waals surface area contributed by atoms with Gasteiger partial charge in [-0.15, -0.1) is 0 Å². The summed E-state index contributed by atoms with van der Waals surface area (Å²) in [6.07, 6.45) is 1.71. The van der Waals surface area contributed by atoms with E-state index < -0.39 is 18.0 Å². The van der Waals surface area contributed by atoms with E-state index in [0.29, 0.717) is 49.3 Å². The van der Waals surface area contributed by atoms with Crippen molar-refractivity contribution < 1.29 is 23.8 Å². The lowest BCUT2D eigenvalue weighted by atomic mass is 9.96. The normalized spacial score (nSPS) is 15.2. The molecule has 4 rings (SSSR count). The highest BCUT2D eigenvalue weighted by molar-refractivity contribution is 7.07. The fraction of sp³-hybridized carbons (Fsp3) is 0.259. The number of allylic oxidation sites excluding steroid dienone is 1. The van der Waals surface area contributed by atoms with Gasteiger partial charge in [0.05, 0.1) is 29.0 Å². The molecule has 0 fully saturated rings. The van der Waals surface area contributed by atoms with Gasteiger partial charge in [-0.1, -0.05) is 47.2 Å². The van der Waals surface area contributed by atoms with Gasteiger partial charge < -0.3 is 14.2 Å². The molecule has 8 nitrogen and oxygen atoms in total. The van der Waals surface area contributed by atoms with Gasteiger partial charge in [0, 0.05) is 11.9 Å². The number of thiazole rings is 1. The molecule has 0 spiro atoms. The number of carbonyl (C=O) groups is 2. The number of esters is 2. The van der Waals surface area contributed by atoms with Crippen LogP contribution >= 0.6 is 22.9 Å². The van der Waals surface area contributed by atoms with Crippen molar-refractivity contribution in [2.75, 3.05) is 13.2 Å². The van der Waals surface area contributed by atoms with E-state index in [4.69, 9.17) is 25.8 Å². The van der Waals surface area contributed by atoms with Crippen LogP contribution in [0.2, 0.25) is 5.02 Å². The maximum absolute atomic E-state index is 13.7. The lowest BCUT2D eigenvalue weighted by Gasteiger charge is -2.25. The molecule has 1 aliphatic heterocycles. The van der Waals surface area contributed by atoms with Crippen molar-refractivity contribution in [1.82, 2.24) is 4.57 Å². The molecule has 1 aromatic heterocycles. The quantitative estimate of drug-likeness (QED) is 0.334. The molecule has 10 heteroatoms. The molecule has 37 heavy (non-hydrogen) atoms. The van der Waals surface area contributed by atoms with E-state index in [1.54, 1.807) is 62.4 Å². The summed E-state index contributed by atoms with van der Waals surface area (Å²) >= 11 is 7.73. The van der Waals surface area contributed by atoms with E-state index in [-0.39, 0.29) is 17.7 Å². The molecule has 0 saturated heterocycles. The lowest BCUT2D eigenvalue weighted by molar-refractivity contribution is -0.139.